The van der Waals surface area contributed by atoms with Crippen LogP contribution in [0.15, 0.2) is 24.5 Å². The second-order valence-electron chi connectivity index (χ2n) is 2.66. The molecule has 1 aliphatic carbocycles. The van der Waals surface area contributed by atoms with Gasteiger partial charge in [-0.05, 0) is 31.4 Å². The first-order valence-corrected chi connectivity index (χ1v) is 3.41. The molecule has 2 rings (SSSR count). The monoisotopic (exact) mass is 122 g/mol. The van der Waals surface area contributed by atoms with Crippen LogP contribution in [0.5, 0.6) is 0 Å². The van der Waals surface area contributed by atoms with Crippen molar-refractivity contribution in [2.45, 2.75) is 24.9 Å². The molecule has 0 aromatic carbocycles. The van der Waals surface area contributed by atoms with E-state index in [2.05, 4.69) is 12.7 Å². The van der Waals surface area contributed by atoms with Crippen LogP contribution in [0.3, 0.4) is 0 Å². The van der Waals surface area contributed by atoms with Crippen LogP contribution in [0.25, 0.3) is 0 Å². The minimum Gasteiger partial charge on any atom is -0.475 e. The maximum Gasteiger partial charge on any atom is 0.183 e. The van der Waals surface area contributed by atoms with E-state index in [1.165, 1.54) is 12.8 Å². The summed E-state index contributed by atoms with van der Waals surface area (Å²) in [6, 6.07) is 0. The second kappa shape index (κ2) is 1.41. The van der Waals surface area contributed by atoms with Gasteiger partial charge in [-0.15, -0.1) is 0 Å². The predicted molar refractivity (Wildman–Crippen MR) is 35.9 cm³/mol. The maximum absolute atomic E-state index is 5.36. The van der Waals surface area contributed by atoms with E-state index < -0.39 is 0 Å². The van der Waals surface area contributed by atoms with Gasteiger partial charge >= 0.3 is 0 Å². The zero-order chi connectivity index (χ0) is 6.32. The lowest BCUT2D eigenvalue weighted by Gasteiger charge is -2.03. The van der Waals surface area contributed by atoms with E-state index in [1.807, 2.05) is 6.08 Å². The minimum atomic E-state index is 0.0122. The van der Waals surface area contributed by atoms with E-state index in [1.54, 1.807) is 0 Å². The van der Waals surface area contributed by atoms with E-state index in [-0.39, 0.29) is 5.60 Å². The normalized spacial score (nSPS) is 38.0. The van der Waals surface area contributed by atoms with Crippen molar-refractivity contribution >= 4 is 0 Å². The quantitative estimate of drug-likeness (QED) is 0.383. The van der Waals surface area contributed by atoms with Gasteiger partial charge in [-0.25, -0.2) is 0 Å². The van der Waals surface area contributed by atoms with Crippen molar-refractivity contribution in [3.8, 4) is 0 Å². The van der Waals surface area contributed by atoms with Gasteiger partial charge in [0.2, 0.25) is 0 Å². The number of ether oxygens (including phenoxy) is 1. The summed E-state index contributed by atoms with van der Waals surface area (Å²) in [5, 5.41) is 0. The number of allylic oxidation sites excluding steroid dienone is 1. The first-order chi connectivity index (χ1) is 4.37. The maximum atomic E-state index is 5.36. The Morgan fingerprint density at radius 1 is 1.78 bits per heavy atom. The third-order valence-electron chi connectivity index (χ3n) is 2.08. The van der Waals surface area contributed by atoms with E-state index >= 15 is 0 Å². The third-order valence-corrected chi connectivity index (χ3v) is 2.08. The number of rotatable bonds is 1. The highest BCUT2D eigenvalue weighted by molar-refractivity contribution is 5.34. The first kappa shape index (κ1) is 5.10. The molecule has 0 spiro atoms. The topological polar surface area (TPSA) is 12.5 Å². The fourth-order valence-electron chi connectivity index (χ4n) is 1.40. The third kappa shape index (κ3) is 0.546. The van der Waals surface area contributed by atoms with Crippen LogP contribution >= 0.6 is 0 Å². The molecular formula is C8H10O. The highest BCUT2D eigenvalue weighted by Crippen LogP contribution is 2.48. The molecule has 0 radical (unpaired) electrons. The number of epoxide rings is 1. The molecule has 1 saturated heterocycles. The number of fused-ring (bicyclic) bond motifs is 1. The summed E-state index contributed by atoms with van der Waals surface area (Å²) in [4.78, 5) is 0. The van der Waals surface area contributed by atoms with Gasteiger partial charge in [0.15, 0.2) is 5.60 Å². The van der Waals surface area contributed by atoms with Crippen LogP contribution in [0.1, 0.15) is 19.3 Å². The largest absolute Gasteiger partial charge is 0.475 e. The molecule has 1 nitrogen and oxygen atoms in total. The van der Waals surface area contributed by atoms with Gasteiger partial charge in [-0.2, -0.15) is 0 Å². The zero-order valence-electron chi connectivity index (χ0n) is 5.39. The summed E-state index contributed by atoms with van der Waals surface area (Å²) in [5.74, 6) is 1.16. The Bertz CT molecular complexity index is 181. The summed E-state index contributed by atoms with van der Waals surface area (Å²) in [6.45, 7) is 3.73. The van der Waals surface area contributed by atoms with Crippen LogP contribution in [0, 0.1) is 0 Å². The first-order valence-electron chi connectivity index (χ1n) is 3.41. The molecule has 1 unspecified atom stereocenters. The molecule has 0 bridgehead atoms. The molecular weight excluding hydrogens is 112 g/mol. The number of hydrogen-bond donors (Lipinski definition) is 0. The summed E-state index contributed by atoms with van der Waals surface area (Å²) in [6.07, 6.45) is 7.66. The van der Waals surface area contributed by atoms with Crippen molar-refractivity contribution < 1.29 is 4.74 Å². The second-order valence-corrected chi connectivity index (χ2v) is 2.66. The molecule has 1 fully saturated rings. The fourth-order valence-corrected chi connectivity index (χ4v) is 1.40. The molecule has 0 aromatic rings. The lowest BCUT2D eigenvalue weighted by atomic mass is 9.96. The van der Waals surface area contributed by atoms with Crippen molar-refractivity contribution in [3.05, 3.63) is 24.5 Å². The molecule has 0 saturated carbocycles. The summed E-state index contributed by atoms with van der Waals surface area (Å²) in [5.41, 5.74) is 0.0122. The van der Waals surface area contributed by atoms with Crippen LogP contribution in [0.2, 0.25) is 0 Å². The van der Waals surface area contributed by atoms with Gasteiger partial charge in [0.1, 0.15) is 5.76 Å². The summed E-state index contributed by atoms with van der Waals surface area (Å²) >= 11 is 0. The van der Waals surface area contributed by atoms with Crippen molar-refractivity contribution in [1.29, 1.82) is 0 Å². The molecule has 0 aromatic heterocycles. The van der Waals surface area contributed by atoms with Crippen molar-refractivity contribution in [2.24, 2.45) is 0 Å². The van der Waals surface area contributed by atoms with Gasteiger partial charge in [0.25, 0.3) is 0 Å². The average molecular weight is 122 g/mol. The molecule has 0 N–H and O–H groups in total. The fraction of sp³-hybridized carbons (Fsp3) is 0.500. The van der Waals surface area contributed by atoms with Crippen LogP contribution in [-0.2, 0) is 4.74 Å². The van der Waals surface area contributed by atoms with Crippen molar-refractivity contribution in [2.75, 3.05) is 0 Å². The molecule has 9 heavy (non-hydrogen) atoms. The molecule has 1 heteroatoms. The van der Waals surface area contributed by atoms with Gasteiger partial charge in [-0.3, -0.25) is 0 Å². The van der Waals surface area contributed by atoms with E-state index in [0.717, 1.165) is 12.2 Å². The smallest absolute Gasteiger partial charge is 0.183 e. The van der Waals surface area contributed by atoms with E-state index in [4.69, 9.17) is 4.74 Å². The predicted octanol–water partition coefficient (Wildman–Crippen LogP) is 2.01. The van der Waals surface area contributed by atoms with Gasteiger partial charge < -0.3 is 4.74 Å². The molecule has 0 amide bonds. The molecule has 1 heterocycles. The Hall–Kier alpha value is -0.720. The molecule has 48 valence electrons. The zero-order valence-corrected chi connectivity index (χ0v) is 5.39. The van der Waals surface area contributed by atoms with Crippen LogP contribution < -0.4 is 0 Å². The Labute approximate surface area is 55.0 Å². The Balaban J connectivity index is 2.27. The average Bonchev–Trinajstić information content (AvgIpc) is 2.62. The van der Waals surface area contributed by atoms with E-state index in [0.29, 0.717) is 0 Å². The Kier molecular flexibility index (Phi) is 0.797. The molecule has 1 aliphatic heterocycles. The van der Waals surface area contributed by atoms with E-state index in [9.17, 15) is 0 Å². The molecule has 1 atom stereocenters. The summed E-state index contributed by atoms with van der Waals surface area (Å²) < 4.78 is 5.36. The van der Waals surface area contributed by atoms with Crippen molar-refractivity contribution in [1.82, 2.24) is 0 Å². The van der Waals surface area contributed by atoms with Gasteiger partial charge in [-0.1, -0.05) is 6.58 Å². The van der Waals surface area contributed by atoms with Crippen molar-refractivity contribution in [3.63, 3.8) is 0 Å². The SMILES string of the molecule is C=CC12CCCC=C1O2. The van der Waals surface area contributed by atoms with Crippen LogP contribution in [-0.4, -0.2) is 5.60 Å². The summed E-state index contributed by atoms with van der Waals surface area (Å²) in [7, 11) is 0. The lowest BCUT2D eigenvalue weighted by Crippen LogP contribution is -2.06. The highest BCUT2D eigenvalue weighted by Gasteiger charge is 2.50. The molecule has 2 aliphatic rings. The van der Waals surface area contributed by atoms with Gasteiger partial charge in [0.05, 0.1) is 0 Å². The van der Waals surface area contributed by atoms with Gasteiger partial charge in [0, 0.05) is 0 Å². The minimum absolute atomic E-state index is 0.0122. The highest BCUT2D eigenvalue weighted by atomic mass is 16.6. The Morgan fingerprint density at radius 2 is 2.67 bits per heavy atom. The number of hydrogen-bond acceptors (Lipinski definition) is 1. The lowest BCUT2D eigenvalue weighted by molar-refractivity contribution is 0.345. The van der Waals surface area contributed by atoms with Crippen LogP contribution in [0.4, 0.5) is 0 Å². The standard InChI is InChI=1S/C8H10O/c1-2-8-6-4-3-5-7(8)9-8/h2,5H,1,3-4,6H2. The Morgan fingerprint density at radius 3 is 3.22 bits per heavy atom.